The monoisotopic (exact) mass is 198 g/mol. The van der Waals surface area contributed by atoms with Crippen LogP contribution < -0.4 is 0 Å². The van der Waals surface area contributed by atoms with E-state index in [2.05, 4.69) is 0 Å². The zero-order valence-electron chi connectivity index (χ0n) is 8.40. The maximum atomic E-state index is 10.8. The second kappa shape index (κ2) is 3.13. The van der Waals surface area contributed by atoms with Crippen molar-refractivity contribution in [2.24, 2.45) is 5.92 Å². The van der Waals surface area contributed by atoms with Crippen LogP contribution in [0.2, 0.25) is 0 Å². The van der Waals surface area contributed by atoms with Gasteiger partial charge in [-0.2, -0.15) is 0 Å². The molecule has 0 bridgehead atoms. The van der Waals surface area contributed by atoms with Gasteiger partial charge in [0.15, 0.2) is 11.9 Å². The average molecular weight is 198 g/mol. The van der Waals surface area contributed by atoms with E-state index >= 15 is 0 Å². The molecule has 0 heterocycles. The second-order valence-electron chi connectivity index (χ2n) is 3.65. The summed E-state index contributed by atoms with van der Waals surface area (Å²) in [5.41, 5.74) is -1.31. The predicted octanol–water partition coefficient (Wildman–Crippen LogP) is 1.23. The molecule has 78 valence electrons. The number of hydrogen-bond acceptors (Lipinski definition) is 4. The van der Waals surface area contributed by atoms with Gasteiger partial charge in [0.05, 0.1) is 5.92 Å². The molecule has 1 aliphatic carbocycles. The molecule has 0 radical (unpaired) electrons. The van der Waals surface area contributed by atoms with Gasteiger partial charge < -0.3 is 15.3 Å². The molecule has 0 aliphatic heterocycles. The summed E-state index contributed by atoms with van der Waals surface area (Å²) in [7, 11) is 0. The molecular formula is C10H14O4. The summed E-state index contributed by atoms with van der Waals surface area (Å²) >= 11 is 0. The molecule has 2 atom stereocenters. The van der Waals surface area contributed by atoms with Crippen LogP contribution in [0.25, 0.3) is 0 Å². The molecule has 0 amide bonds. The smallest absolute Gasteiger partial charge is 0.156 e. The van der Waals surface area contributed by atoms with Gasteiger partial charge in [-0.15, -0.1) is 0 Å². The molecule has 0 saturated carbocycles. The third-order valence-corrected chi connectivity index (χ3v) is 2.95. The van der Waals surface area contributed by atoms with Gasteiger partial charge in [0.1, 0.15) is 11.5 Å². The second-order valence-corrected chi connectivity index (χ2v) is 3.65. The standard InChI is InChI=1S/C10H14O4/c1-5-8(12)6(2)10(14,4-11)7(3)9(5)13/h4,6,12-14H,1-3H3. The summed E-state index contributed by atoms with van der Waals surface area (Å²) in [5, 5.41) is 29.0. The Labute approximate surface area is 82.2 Å². The van der Waals surface area contributed by atoms with Crippen LogP contribution in [0.3, 0.4) is 0 Å². The SMILES string of the molecule is CC1=C(O)C(C)C(O)(C=O)C(C)=C1O. The van der Waals surface area contributed by atoms with Gasteiger partial charge in [-0.05, 0) is 13.8 Å². The van der Waals surface area contributed by atoms with Crippen LogP contribution in [0.4, 0.5) is 0 Å². The Morgan fingerprint density at radius 3 is 2.29 bits per heavy atom. The van der Waals surface area contributed by atoms with Gasteiger partial charge in [0.25, 0.3) is 0 Å². The fourth-order valence-electron chi connectivity index (χ4n) is 1.64. The molecule has 0 saturated heterocycles. The number of aldehydes is 1. The van der Waals surface area contributed by atoms with Crippen molar-refractivity contribution in [1.29, 1.82) is 0 Å². The first-order valence-corrected chi connectivity index (χ1v) is 4.35. The Kier molecular flexibility index (Phi) is 2.41. The van der Waals surface area contributed by atoms with Crippen molar-refractivity contribution >= 4 is 6.29 Å². The van der Waals surface area contributed by atoms with Crippen molar-refractivity contribution in [3.05, 3.63) is 22.7 Å². The first kappa shape index (κ1) is 10.8. The zero-order chi connectivity index (χ0) is 11.1. The number of aliphatic hydroxyl groups is 3. The van der Waals surface area contributed by atoms with E-state index < -0.39 is 11.5 Å². The fourth-order valence-corrected chi connectivity index (χ4v) is 1.64. The average Bonchev–Trinajstić information content (AvgIpc) is 2.21. The van der Waals surface area contributed by atoms with E-state index in [1.54, 1.807) is 0 Å². The molecule has 0 aromatic heterocycles. The van der Waals surface area contributed by atoms with Crippen LogP contribution in [-0.2, 0) is 4.79 Å². The largest absolute Gasteiger partial charge is 0.511 e. The van der Waals surface area contributed by atoms with E-state index in [1.807, 2.05) is 0 Å². The topological polar surface area (TPSA) is 77.8 Å². The maximum Gasteiger partial charge on any atom is 0.156 e. The Bertz CT molecular complexity index is 340. The van der Waals surface area contributed by atoms with Crippen molar-refractivity contribution in [1.82, 2.24) is 0 Å². The normalized spacial score (nSPS) is 33.6. The lowest BCUT2D eigenvalue weighted by molar-refractivity contribution is -0.125. The van der Waals surface area contributed by atoms with Gasteiger partial charge in [0, 0.05) is 11.1 Å². The highest BCUT2D eigenvalue weighted by molar-refractivity contribution is 5.71. The van der Waals surface area contributed by atoms with Crippen molar-refractivity contribution in [2.45, 2.75) is 26.4 Å². The molecule has 0 aromatic rings. The molecule has 4 heteroatoms. The first-order valence-electron chi connectivity index (χ1n) is 4.35. The lowest BCUT2D eigenvalue weighted by Gasteiger charge is -2.34. The van der Waals surface area contributed by atoms with Crippen molar-refractivity contribution in [2.75, 3.05) is 0 Å². The van der Waals surface area contributed by atoms with Crippen molar-refractivity contribution in [3.63, 3.8) is 0 Å². The zero-order valence-corrected chi connectivity index (χ0v) is 8.40. The number of hydrogen-bond donors (Lipinski definition) is 3. The van der Waals surface area contributed by atoms with Crippen molar-refractivity contribution < 1.29 is 20.1 Å². The molecular weight excluding hydrogens is 184 g/mol. The molecule has 1 rings (SSSR count). The van der Waals surface area contributed by atoms with Gasteiger partial charge in [-0.3, -0.25) is 4.79 Å². The van der Waals surface area contributed by atoms with Crippen LogP contribution in [0, 0.1) is 5.92 Å². The van der Waals surface area contributed by atoms with Crippen LogP contribution in [0.1, 0.15) is 20.8 Å². The fraction of sp³-hybridized carbons (Fsp3) is 0.500. The minimum absolute atomic E-state index is 0.150. The van der Waals surface area contributed by atoms with Gasteiger partial charge in [-0.25, -0.2) is 0 Å². The minimum Gasteiger partial charge on any atom is -0.511 e. The Balaban J connectivity index is 3.40. The number of carbonyl (C=O) groups excluding carboxylic acids is 1. The summed E-state index contributed by atoms with van der Waals surface area (Å²) < 4.78 is 0. The van der Waals surface area contributed by atoms with E-state index in [0.29, 0.717) is 11.9 Å². The Hall–Kier alpha value is -1.29. The summed E-state index contributed by atoms with van der Waals surface area (Å²) in [5.74, 6) is -1.09. The van der Waals surface area contributed by atoms with Crippen LogP contribution >= 0.6 is 0 Å². The van der Waals surface area contributed by atoms with Crippen molar-refractivity contribution in [3.8, 4) is 0 Å². The highest BCUT2D eigenvalue weighted by atomic mass is 16.3. The summed E-state index contributed by atoms with van der Waals surface area (Å²) in [6.45, 7) is 4.54. The molecule has 1 aliphatic rings. The molecule has 2 unspecified atom stereocenters. The molecule has 4 nitrogen and oxygen atoms in total. The number of allylic oxidation sites excluding steroid dienone is 1. The lowest BCUT2D eigenvalue weighted by Crippen LogP contribution is -2.43. The molecule has 3 N–H and O–H groups in total. The van der Waals surface area contributed by atoms with Gasteiger partial charge in [0.2, 0.25) is 0 Å². The van der Waals surface area contributed by atoms with E-state index in [9.17, 15) is 20.1 Å². The highest BCUT2D eigenvalue weighted by Crippen LogP contribution is 2.38. The highest BCUT2D eigenvalue weighted by Gasteiger charge is 2.43. The summed E-state index contributed by atoms with van der Waals surface area (Å²) in [4.78, 5) is 10.8. The van der Waals surface area contributed by atoms with Crippen LogP contribution in [0.15, 0.2) is 22.7 Å². The number of rotatable bonds is 1. The maximum absolute atomic E-state index is 10.8. The van der Waals surface area contributed by atoms with E-state index in [4.69, 9.17) is 0 Å². The van der Waals surface area contributed by atoms with Crippen LogP contribution in [0.5, 0.6) is 0 Å². The lowest BCUT2D eigenvalue weighted by atomic mass is 9.76. The Morgan fingerprint density at radius 1 is 1.36 bits per heavy atom. The predicted molar refractivity (Wildman–Crippen MR) is 50.8 cm³/mol. The van der Waals surface area contributed by atoms with E-state index in [-0.39, 0.29) is 17.1 Å². The molecule has 0 fully saturated rings. The molecule has 0 aromatic carbocycles. The summed E-state index contributed by atoms with van der Waals surface area (Å²) in [6.07, 6.45) is 0.339. The first-order chi connectivity index (χ1) is 6.36. The Morgan fingerprint density at radius 2 is 1.86 bits per heavy atom. The molecule has 0 spiro atoms. The van der Waals surface area contributed by atoms with E-state index in [1.165, 1.54) is 20.8 Å². The third-order valence-electron chi connectivity index (χ3n) is 2.95. The van der Waals surface area contributed by atoms with Gasteiger partial charge in [-0.1, -0.05) is 6.92 Å². The van der Waals surface area contributed by atoms with E-state index in [0.717, 1.165) is 0 Å². The quantitative estimate of drug-likeness (QED) is 0.554. The van der Waals surface area contributed by atoms with Crippen LogP contribution in [-0.4, -0.2) is 27.2 Å². The number of aliphatic hydroxyl groups excluding tert-OH is 2. The third kappa shape index (κ3) is 1.14. The summed E-state index contributed by atoms with van der Waals surface area (Å²) in [6, 6.07) is 0. The minimum atomic E-state index is -1.80. The molecule has 14 heavy (non-hydrogen) atoms. The number of carbonyl (C=O) groups is 1. The van der Waals surface area contributed by atoms with Gasteiger partial charge >= 0.3 is 0 Å².